The summed E-state index contributed by atoms with van der Waals surface area (Å²) in [5.41, 5.74) is 0. The number of ether oxygens (including phenoxy) is 1. The molecule has 0 aliphatic heterocycles. The molecule has 1 aromatic rings. The van der Waals surface area contributed by atoms with Crippen LogP contribution in [0.15, 0.2) is 17.5 Å². The highest BCUT2D eigenvalue weighted by molar-refractivity contribution is 7.12. The lowest BCUT2D eigenvalue weighted by atomic mass is 10.1. The summed E-state index contributed by atoms with van der Waals surface area (Å²) in [6, 6.07) is 3.50. The molecule has 0 saturated carbocycles. The summed E-state index contributed by atoms with van der Waals surface area (Å²) in [5.74, 6) is -1.32. The Morgan fingerprint density at radius 2 is 2.29 bits per heavy atom. The lowest BCUT2D eigenvalue weighted by Crippen LogP contribution is -2.22. The molecule has 1 aromatic heterocycles. The van der Waals surface area contributed by atoms with Crippen LogP contribution in [0.4, 0.5) is 0 Å². The topological polar surface area (TPSA) is 43.4 Å². The maximum Gasteiger partial charge on any atom is 0.316 e. The Morgan fingerprint density at radius 1 is 1.57 bits per heavy atom. The lowest BCUT2D eigenvalue weighted by molar-refractivity contribution is -0.145. The first-order chi connectivity index (χ1) is 6.66. The van der Waals surface area contributed by atoms with Gasteiger partial charge in [0.05, 0.1) is 11.5 Å². The Labute approximate surface area is 86.7 Å². The Bertz CT molecular complexity index is 316. The Balaban J connectivity index is 2.66. The monoisotopic (exact) mass is 212 g/mol. The molecule has 14 heavy (non-hydrogen) atoms. The number of rotatable bonds is 4. The van der Waals surface area contributed by atoms with Gasteiger partial charge in [-0.05, 0) is 25.3 Å². The summed E-state index contributed by atoms with van der Waals surface area (Å²) in [6.07, 6.45) is 0. The highest BCUT2D eigenvalue weighted by Crippen LogP contribution is 2.15. The maximum atomic E-state index is 11.6. The van der Waals surface area contributed by atoms with Crippen molar-refractivity contribution in [1.82, 2.24) is 0 Å². The Morgan fingerprint density at radius 3 is 2.79 bits per heavy atom. The first kappa shape index (κ1) is 10.9. The van der Waals surface area contributed by atoms with Gasteiger partial charge in [-0.1, -0.05) is 6.07 Å². The first-order valence-electron chi connectivity index (χ1n) is 4.41. The van der Waals surface area contributed by atoms with Crippen molar-refractivity contribution in [3.8, 4) is 0 Å². The van der Waals surface area contributed by atoms with Crippen LogP contribution in [-0.2, 0) is 9.53 Å². The number of hydrogen-bond acceptors (Lipinski definition) is 4. The zero-order valence-electron chi connectivity index (χ0n) is 8.15. The number of Topliss-reactive ketones (excluding diaryl/α,β-unsaturated/α-hetero) is 1. The van der Waals surface area contributed by atoms with E-state index >= 15 is 0 Å². The van der Waals surface area contributed by atoms with Crippen molar-refractivity contribution < 1.29 is 14.3 Å². The molecule has 0 N–H and O–H groups in total. The zero-order chi connectivity index (χ0) is 10.6. The summed E-state index contributed by atoms with van der Waals surface area (Å²) in [6.45, 7) is 3.60. The van der Waals surface area contributed by atoms with E-state index in [2.05, 4.69) is 0 Å². The second-order valence-corrected chi connectivity index (χ2v) is 3.76. The average Bonchev–Trinajstić information content (AvgIpc) is 2.68. The van der Waals surface area contributed by atoms with Crippen LogP contribution in [0.3, 0.4) is 0 Å². The van der Waals surface area contributed by atoms with Crippen LogP contribution in [0, 0.1) is 5.92 Å². The van der Waals surface area contributed by atoms with Crippen molar-refractivity contribution in [1.29, 1.82) is 0 Å². The molecule has 0 aliphatic rings. The van der Waals surface area contributed by atoms with Crippen molar-refractivity contribution in [2.75, 3.05) is 6.61 Å². The van der Waals surface area contributed by atoms with Crippen LogP contribution in [0.1, 0.15) is 23.5 Å². The van der Waals surface area contributed by atoms with Gasteiger partial charge in [-0.15, -0.1) is 11.3 Å². The standard InChI is InChI=1S/C10H12O3S/c1-3-13-10(12)7(2)9(11)8-5-4-6-14-8/h4-7H,3H2,1-2H3/t7-/m0/s1. The number of thiophene rings is 1. The van der Waals surface area contributed by atoms with Gasteiger partial charge in [0.2, 0.25) is 0 Å². The molecular weight excluding hydrogens is 200 g/mol. The van der Waals surface area contributed by atoms with E-state index in [0.717, 1.165) is 0 Å². The molecule has 0 amide bonds. The fourth-order valence-corrected chi connectivity index (χ4v) is 1.76. The van der Waals surface area contributed by atoms with E-state index in [1.54, 1.807) is 26.0 Å². The summed E-state index contributed by atoms with van der Waals surface area (Å²) in [5, 5.41) is 1.81. The van der Waals surface area contributed by atoms with Crippen LogP contribution in [0.2, 0.25) is 0 Å². The minimum Gasteiger partial charge on any atom is -0.465 e. The smallest absolute Gasteiger partial charge is 0.316 e. The molecule has 0 aromatic carbocycles. The Hall–Kier alpha value is -1.16. The summed E-state index contributed by atoms with van der Waals surface area (Å²) >= 11 is 1.34. The lowest BCUT2D eigenvalue weighted by Gasteiger charge is -2.07. The van der Waals surface area contributed by atoms with E-state index in [1.807, 2.05) is 5.38 Å². The molecule has 1 atom stereocenters. The molecule has 4 heteroatoms. The number of ketones is 1. The van der Waals surface area contributed by atoms with Gasteiger partial charge >= 0.3 is 5.97 Å². The minimum absolute atomic E-state index is 0.168. The normalized spacial score (nSPS) is 12.1. The summed E-state index contributed by atoms with van der Waals surface area (Å²) in [4.78, 5) is 23.5. The third-order valence-corrected chi connectivity index (χ3v) is 2.68. The number of hydrogen-bond donors (Lipinski definition) is 0. The molecule has 76 valence electrons. The van der Waals surface area contributed by atoms with Crippen LogP contribution < -0.4 is 0 Å². The second-order valence-electron chi connectivity index (χ2n) is 2.82. The van der Waals surface area contributed by atoms with Gasteiger partial charge in [-0.2, -0.15) is 0 Å². The van der Waals surface area contributed by atoms with Gasteiger partial charge in [0.15, 0.2) is 5.78 Å². The minimum atomic E-state index is -0.700. The van der Waals surface area contributed by atoms with Crippen LogP contribution in [0.5, 0.6) is 0 Å². The molecule has 0 saturated heterocycles. The van der Waals surface area contributed by atoms with Crippen molar-refractivity contribution >= 4 is 23.1 Å². The average molecular weight is 212 g/mol. The third kappa shape index (κ3) is 2.42. The predicted octanol–water partition coefficient (Wildman–Crippen LogP) is 2.13. The molecule has 0 unspecified atom stereocenters. The van der Waals surface area contributed by atoms with E-state index in [1.165, 1.54) is 11.3 Å². The van der Waals surface area contributed by atoms with E-state index < -0.39 is 11.9 Å². The summed E-state index contributed by atoms with van der Waals surface area (Å²) in [7, 11) is 0. The third-order valence-electron chi connectivity index (χ3n) is 1.80. The van der Waals surface area contributed by atoms with Crippen LogP contribution in [-0.4, -0.2) is 18.4 Å². The van der Waals surface area contributed by atoms with Gasteiger partial charge in [0.1, 0.15) is 5.92 Å². The van der Waals surface area contributed by atoms with Crippen LogP contribution in [0.25, 0.3) is 0 Å². The highest BCUT2D eigenvalue weighted by Gasteiger charge is 2.24. The molecule has 0 fully saturated rings. The number of carbonyl (C=O) groups excluding carboxylic acids is 2. The second kappa shape index (κ2) is 4.91. The first-order valence-corrected chi connectivity index (χ1v) is 5.29. The van der Waals surface area contributed by atoms with Crippen molar-refractivity contribution in [3.63, 3.8) is 0 Å². The molecule has 0 spiro atoms. The number of esters is 1. The fourth-order valence-electron chi connectivity index (χ4n) is 1.01. The molecule has 0 radical (unpaired) electrons. The predicted molar refractivity (Wildman–Crippen MR) is 54.4 cm³/mol. The Kier molecular flexibility index (Phi) is 3.83. The van der Waals surface area contributed by atoms with Gasteiger partial charge in [0, 0.05) is 0 Å². The van der Waals surface area contributed by atoms with Crippen molar-refractivity contribution in [3.05, 3.63) is 22.4 Å². The fraction of sp³-hybridized carbons (Fsp3) is 0.400. The van der Waals surface area contributed by atoms with Gasteiger partial charge in [-0.3, -0.25) is 9.59 Å². The molecule has 1 heterocycles. The molecule has 0 aliphatic carbocycles. The summed E-state index contributed by atoms with van der Waals surface area (Å²) < 4.78 is 4.77. The zero-order valence-corrected chi connectivity index (χ0v) is 8.97. The number of carbonyl (C=O) groups is 2. The maximum absolute atomic E-state index is 11.6. The quantitative estimate of drug-likeness (QED) is 0.436. The van der Waals surface area contributed by atoms with Gasteiger partial charge < -0.3 is 4.74 Å². The van der Waals surface area contributed by atoms with Crippen molar-refractivity contribution in [2.24, 2.45) is 5.92 Å². The molecule has 3 nitrogen and oxygen atoms in total. The van der Waals surface area contributed by atoms with E-state index in [4.69, 9.17) is 4.74 Å². The van der Waals surface area contributed by atoms with E-state index in [-0.39, 0.29) is 5.78 Å². The van der Waals surface area contributed by atoms with Crippen molar-refractivity contribution in [2.45, 2.75) is 13.8 Å². The SMILES string of the molecule is CCOC(=O)[C@@H](C)C(=O)c1cccs1. The van der Waals surface area contributed by atoms with Gasteiger partial charge in [0.25, 0.3) is 0 Å². The van der Waals surface area contributed by atoms with E-state index in [0.29, 0.717) is 11.5 Å². The van der Waals surface area contributed by atoms with E-state index in [9.17, 15) is 9.59 Å². The highest BCUT2D eigenvalue weighted by atomic mass is 32.1. The van der Waals surface area contributed by atoms with Gasteiger partial charge in [-0.25, -0.2) is 0 Å². The largest absolute Gasteiger partial charge is 0.465 e. The molecular formula is C10H12O3S. The molecule has 1 rings (SSSR count). The van der Waals surface area contributed by atoms with Crippen LogP contribution >= 0.6 is 11.3 Å². The molecule has 0 bridgehead atoms.